The number of amides is 1. The van der Waals surface area contributed by atoms with E-state index < -0.39 is 0 Å². The zero-order valence-electron chi connectivity index (χ0n) is 14.0. The van der Waals surface area contributed by atoms with Crippen molar-refractivity contribution in [3.8, 4) is 5.69 Å². The van der Waals surface area contributed by atoms with E-state index in [2.05, 4.69) is 15.4 Å². The van der Waals surface area contributed by atoms with Crippen LogP contribution in [-0.2, 0) is 11.3 Å². The summed E-state index contributed by atoms with van der Waals surface area (Å²) >= 11 is 1.39. The van der Waals surface area contributed by atoms with Gasteiger partial charge in [-0.2, -0.15) is 0 Å². The Morgan fingerprint density at radius 3 is 2.48 bits per heavy atom. The van der Waals surface area contributed by atoms with E-state index in [-0.39, 0.29) is 11.2 Å². The molecule has 0 aliphatic carbocycles. The molecule has 1 N–H and O–H groups in total. The van der Waals surface area contributed by atoms with Crippen LogP contribution < -0.4 is 5.32 Å². The average molecular weight is 352 g/mol. The standard InChI is InChI=1S/C19H20N4OS/c1-2-17(18(24)20-13-15-9-5-3-6-10-15)25-19-21-14-23(22-19)16-11-7-4-8-12-16/h3-12,14,17H,2,13H2,1H3,(H,20,24). The van der Waals surface area contributed by atoms with Crippen LogP contribution in [0.15, 0.2) is 72.1 Å². The second-order valence-corrected chi connectivity index (χ2v) is 6.70. The number of nitrogens with one attached hydrogen (secondary N) is 1. The highest BCUT2D eigenvalue weighted by Crippen LogP contribution is 2.22. The van der Waals surface area contributed by atoms with Crippen LogP contribution in [0.3, 0.4) is 0 Å². The van der Waals surface area contributed by atoms with Crippen LogP contribution in [0.25, 0.3) is 5.69 Å². The quantitative estimate of drug-likeness (QED) is 0.662. The average Bonchev–Trinajstić information content (AvgIpc) is 3.14. The Kier molecular flexibility index (Phi) is 5.85. The summed E-state index contributed by atoms with van der Waals surface area (Å²) in [7, 11) is 0. The van der Waals surface area contributed by atoms with Crippen LogP contribution in [0.2, 0.25) is 0 Å². The largest absolute Gasteiger partial charge is 0.351 e. The molecule has 3 rings (SSSR count). The second kappa shape index (κ2) is 8.48. The maximum atomic E-state index is 12.4. The lowest BCUT2D eigenvalue weighted by Gasteiger charge is -2.13. The van der Waals surface area contributed by atoms with Gasteiger partial charge in [-0.25, -0.2) is 9.67 Å². The van der Waals surface area contributed by atoms with E-state index >= 15 is 0 Å². The number of thioether (sulfide) groups is 1. The van der Waals surface area contributed by atoms with Crippen molar-refractivity contribution in [2.24, 2.45) is 0 Å². The monoisotopic (exact) mass is 352 g/mol. The Hall–Kier alpha value is -2.60. The van der Waals surface area contributed by atoms with Gasteiger partial charge in [-0.3, -0.25) is 4.79 Å². The number of aromatic nitrogens is 3. The molecule has 0 saturated heterocycles. The number of carbonyl (C=O) groups is 1. The molecule has 0 radical (unpaired) electrons. The molecule has 1 heterocycles. The molecule has 0 bridgehead atoms. The van der Waals surface area contributed by atoms with Gasteiger partial charge in [0.1, 0.15) is 6.33 Å². The van der Waals surface area contributed by atoms with Crippen LogP contribution in [0.5, 0.6) is 0 Å². The molecule has 0 spiro atoms. The number of hydrogen-bond acceptors (Lipinski definition) is 4. The zero-order chi connectivity index (χ0) is 17.5. The van der Waals surface area contributed by atoms with Crippen molar-refractivity contribution in [3.63, 3.8) is 0 Å². The molecule has 1 atom stereocenters. The number of hydrogen-bond donors (Lipinski definition) is 1. The zero-order valence-corrected chi connectivity index (χ0v) is 14.8. The van der Waals surface area contributed by atoms with Gasteiger partial charge in [0.25, 0.3) is 0 Å². The molecule has 25 heavy (non-hydrogen) atoms. The maximum Gasteiger partial charge on any atom is 0.233 e. The normalized spacial score (nSPS) is 11.9. The van der Waals surface area contributed by atoms with Crippen molar-refractivity contribution in [2.75, 3.05) is 0 Å². The van der Waals surface area contributed by atoms with Gasteiger partial charge in [-0.05, 0) is 24.1 Å². The van der Waals surface area contributed by atoms with Crippen LogP contribution in [0.1, 0.15) is 18.9 Å². The van der Waals surface area contributed by atoms with Gasteiger partial charge in [-0.1, -0.05) is 67.2 Å². The third-order valence-electron chi connectivity index (χ3n) is 3.71. The van der Waals surface area contributed by atoms with E-state index in [1.807, 2.05) is 67.6 Å². The predicted octanol–water partition coefficient (Wildman–Crippen LogP) is 3.45. The van der Waals surface area contributed by atoms with Crippen molar-refractivity contribution in [2.45, 2.75) is 30.3 Å². The smallest absolute Gasteiger partial charge is 0.233 e. The first kappa shape index (κ1) is 17.2. The number of para-hydroxylation sites is 1. The lowest BCUT2D eigenvalue weighted by molar-refractivity contribution is -0.120. The predicted molar refractivity (Wildman–Crippen MR) is 99.6 cm³/mol. The minimum atomic E-state index is -0.213. The lowest BCUT2D eigenvalue weighted by atomic mass is 10.2. The summed E-state index contributed by atoms with van der Waals surface area (Å²) in [5, 5.41) is 7.83. The van der Waals surface area contributed by atoms with Crippen molar-refractivity contribution in [1.82, 2.24) is 20.1 Å². The molecule has 3 aromatic rings. The molecule has 2 aromatic carbocycles. The van der Waals surface area contributed by atoms with Crippen molar-refractivity contribution in [1.29, 1.82) is 0 Å². The molecule has 1 amide bonds. The molecule has 1 aromatic heterocycles. The highest BCUT2D eigenvalue weighted by molar-refractivity contribution is 8.00. The Labute approximate surface area is 151 Å². The van der Waals surface area contributed by atoms with Crippen LogP contribution in [-0.4, -0.2) is 25.9 Å². The molecular formula is C19H20N4OS. The first-order valence-electron chi connectivity index (χ1n) is 8.21. The fourth-order valence-corrected chi connectivity index (χ4v) is 3.21. The molecular weight excluding hydrogens is 332 g/mol. The minimum absolute atomic E-state index is 0.00686. The third-order valence-corrected chi connectivity index (χ3v) is 4.94. The van der Waals surface area contributed by atoms with Crippen LogP contribution in [0.4, 0.5) is 0 Å². The summed E-state index contributed by atoms with van der Waals surface area (Å²) in [6, 6.07) is 19.7. The van der Waals surface area contributed by atoms with Gasteiger partial charge in [0.05, 0.1) is 10.9 Å². The first-order chi connectivity index (χ1) is 12.3. The first-order valence-corrected chi connectivity index (χ1v) is 9.09. The molecule has 0 aliphatic rings. The van der Waals surface area contributed by atoms with Crippen molar-refractivity contribution >= 4 is 17.7 Å². The van der Waals surface area contributed by atoms with Gasteiger partial charge in [0.2, 0.25) is 11.1 Å². The highest BCUT2D eigenvalue weighted by atomic mass is 32.2. The van der Waals surface area contributed by atoms with E-state index in [9.17, 15) is 4.79 Å². The molecule has 128 valence electrons. The summed E-state index contributed by atoms with van der Waals surface area (Å²) in [6.45, 7) is 2.52. The van der Waals surface area contributed by atoms with Gasteiger partial charge in [0.15, 0.2) is 0 Å². The molecule has 1 unspecified atom stereocenters. The summed E-state index contributed by atoms with van der Waals surface area (Å²) in [6.07, 6.45) is 2.39. The Balaban J connectivity index is 1.60. The van der Waals surface area contributed by atoms with Gasteiger partial charge in [0, 0.05) is 6.54 Å². The SMILES string of the molecule is CCC(Sc1ncn(-c2ccccc2)n1)C(=O)NCc1ccccc1. The molecule has 0 fully saturated rings. The summed E-state index contributed by atoms with van der Waals surface area (Å²) in [5.74, 6) is 0.00686. The molecule has 6 heteroatoms. The fourth-order valence-electron chi connectivity index (χ4n) is 2.36. The maximum absolute atomic E-state index is 12.4. The Bertz CT molecular complexity index is 805. The topological polar surface area (TPSA) is 59.8 Å². The summed E-state index contributed by atoms with van der Waals surface area (Å²) in [4.78, 5) is 16.8. The second-order valence-electron chi connectivity index (χ2n) is 5.53. The minimum Gasteiger partial charge on any atom is -0.351 e. The number of benzene rings is 2. The van der Waals surface area contributed by atoms with E-state index in [4.69, 9.17) is 0 Å². The van der Waals surface area contributed by atoms with E-state index in [0.29, 0.717) is 18.1 Å². The van der Waals surface area contributed by atoms with Crippen molar-refractivity contribution in [3.05, 3.63) is 72.6 Å². The molecule has 5 nitrogen and oxygen atoms in total. The number of carbonyl (C=O) groups excluding carboxylic acids is 1. The fraction of sp³-hybridized carbons (Fsp3) is 0.211. The van der Waals surface area contributed by atoms with E-state index in [1.165, 1.54) is 11.8 Å². The van der Waals surface area contributed by atoms with Crippen LogP contribution >= 0.6 is 11.8 Å². The van der Waals surface area contributed by atoms with Crippen LogP contribution in [0, 0.1) is 0 Å². The lowest BCUT2D eigenvalue weighted by Crippen LogP contribution is -2.31. The Morgan fingerprint density at radius 1 is 1.12 bits per heavy atom. The summed E-state index contributed by atoms with van der Waals surface area (Å²) < 4.78 is 1.72. The number of rotatable bonds is 7. The third kappa shape index (κ3) is 4.70. The van der Waals surface area contributed by atoms with E-state index in [1.54, 1.807) is 11.0 Å². The van der Waals surface area contributed by atoms with Crippen molar-refractivity contribution < 1.29 is 4.79 Å². The number of nitrogens with zero attached hydrogens (tertiary/aromatic N) is 3. The Morgan fingerprint density at radius 2 is 1.80 bits per heavy atom. The van der Waals surface area contributed by atoms with Gasteiger partial charge in [-0.15, -0.1) is 5.10 Å². The van der Waals surface area contributed by atoms with Gasteiger partial charge >= 0.3 is 0 Å². The highest BCUT2D eigenvalue weighted by Gasteiger charge is 2.19. The molecule has 0 aliphatic heterocycles. The summed E-state index contributed by atoms with van der Waals surface area (Å²) in [5.41, 5.74) is 2.03. The van der Waals surface area contributed by atoms with Gasteiger partial charge < -0.3 is 5.32 Å². The van der Waals surface area contributed by atoms with E-state index in [0.717, 1.165) is 11.3 Å². The molecule has 0 saturated carbocycles.